The first kappa shape index (κ1) is 18.0. The highest BCUT2D eigenvalue weighted by Gasteiger charge is 2.44. The average Bonchev–Trinajstić information content (AvgIpc) is 2.56. The Hall–Kier alpha value is -1.35. The van der Waals surface area contributed by atoms with Gasteiger partial charge in [-0.25, -0.2) is 0 Å². The maximum absolute atomic E-state index is 13.3. The van der Waals surface area contributed by atoms with E-state index in [-0.39, 0.29) is 5.91 Å². The van der Waals surface area contributed by atoms with E-state index < -0.39 is 11.5 Å². The number of benzene rings is 1. The van der Waals surface area contributed by atoms with Crippen LogP contribution in [0.5, 0.6) is 0 Å². The molecule has 0 aliphatic heterocycles. The Morgan fingerprint density at radius 1 is 1.09 bits per heavy atom. The fraction of sp³-hybridized carbons (Fsp3) is 0.650. The van der Waals surface area contributed by atoms with Crippen LogP contribution in [0.2, 0.25) is 0 Å². The Balaban J connectivity index is 2.34. The lowest BCUT2D eigenvalue weighted by molar-refractivity contribution is -0.141. The molecule has 1 fully saturated rings. The van der Waals surface area contributed by atoms with Crippen molar-refractivity contribution in [1.29, 1.82) is 0 Å². The number of rotatable bonds is 7. The quantitative estimate of drug-likeness (QED) is 0.822. The maximum atomic E-state index is 13.3. The summed E-state index contributed by atoms with van der Waals surface area (Å²) in [7, 11) is 0. The van der Waals surface area contributed by atoms with Gasteiger partial charge in [0, 0.05) is 13.1 Å². The van der Waals surface area contributed by atoms with E-state index in [9.17, 15) is 9.90 Å². The first-order valence-electron chi connectivity index (χ1n) is 9.18. The van der Waals surface area contributed by atoms with Crippen molar-refractivity contribution in [3.05, 3.63) is 35.9 Å². The summed E-state index contributed by atoms with van der Waals surface area (Å²) in [6, 6.07) is 9.87. The zero-order valence-electron chi connectivity index (χ0n) is 14.6. The molecule has 1 aliphatic carbocycles. The van der Waals surface area contributed by atoms with Gasteiger partial charge in [0.15, 0.2) is 0 Å². The summed E-state index contributed by atoms with van der Waals surface area (Å²) >= 11 is 0. The second kappa shape index (κ2) is 8.49. The number of hydrogen-bond acceptors (Lipinski definition) is 2. The van der Waals surface area contributed by atoms with Crippen molar-refractivity contribution in [2.45, 2.75) is 70.3 Å². The Morgan fingerprint density at radius 2 is 1.65 bits per heavy atom. The number of carbonyl (C=O) groups is 1. The third kappa shape index (κ3) is 4.35. The second-order valence-corrected chi connectivity index (χ2v) is 6.83. The normalized spacial score (nSPS) is 18.4. The van der Waals surface area contributed by atoms with Crippen LogP contribution in [0.4, 0.5) is 0 Å². The molecule has 0 unspecified atom stereocenters. The molecule has 0 spiro atoms. The molecule has 1 amide bonds. The van der Waals surface area contributed by atoms with Crippen LogP contribution in [-0.4, -0.2) is 34.6 Å². The van der Waals surface area contributed by atoms with E-state index >= 15 is 0 Å². The Morgan fingerprint density at radius 3 is 2.17 bits per heavy atom. The molecular formula is C20H31NO2. The molecule has 1 saturated carbocycles. The van der Waals surface area contributed by atoms with Gasteiger partial charge in [-0.2, -0.15) is 0 Å². The number of aliphatic hydroxyl groups is 1. The van der Waals surface area contributed by atoms with E-state index in [0.29, 0.717) is 0 Å². The molecule has 1 aromatic carbocycles. The van der Waals surface area contributed by atoms with Crippen LogP contribution in [-0.2, 0) is 4.79 Å². The Labute approximate surface area is 140 Å². The molecule has 1 N–H and O–H groups in total. The lowest BCUT2D eigenvalue weighted by Gasteiger charge is -2.41. The van der Waals surface area contributed by atoms with Gasteiger partial charge in [0.2, 0.25) is 5.91 Å². The van der Waals surface area contributed by atoms with Gasteiger partial charge < -0.3 is 10.0 Å². The van der Waals surface area contributed by atoms with Gasteiger partial charge in [-0.15, -0.1) is 0 Å². The number of nitrogens with zero attached hydrogens (tertiary/aromatic N) is 1. The summed E-state index contributed by atoms with van der Waals surface area (Å²) in [4.78, 5) is 15.2. The van der Waals surface area contributed by atoms with Crippen molar-refractivity contribution in [1.82, 2.24) is 4.90 Å². The monoisotopic (exact) mass is 317 g/mol. The van der Waals surface area contributed by atoms with Gasteiger partial charge in [0.05, 0.1) is 11.5 Å². The smallest absolute Gasteiger partial charge is 0.233 e. The number of hydrogen-bond donors (Lipinski definition) is 1. The third-order valence-corrected chi connectivity index (χ3v) is 4.94. The highest BCUT2D eigenvalue weighted by molar-refractivity contribution is 5.85. The van der Waals surface area contributed by atoms with Gasteiger partial charge in [-0.05, 0) is 31.2 Å². The zero-order valence-corrected chi connectivity index (χ0v) is 14.6. The van der Waals surface area contributed by atoms with Crippen LogP contribution < -0.4 is 0 Å². The molecule has 0 heterocycles. The molecule has 0 saturated heterocycles. The van der Waals surface area contributed by atoms with Crippen LogP contribution in [0.15, 0.2) is 30.3 Å². The molecule has 0 bridgehead atoms. The second-order valence-electron chi connectivity index (χ2n) is 6.83. The summed E-state index contributed by atoms with van der Waals surface area (Å²) in [5.74, 6) is -0.327. The largest absolute Gasteiger partial charge is 0.389 e. The standard InChI is InChI=1S/C20H31NO2/c1-3-15-21(16-4-2)19(22)18(17-11-7-5-8-12-17)20(23)13-9-6-10-14-20/h5,7-8,11-12,18,23H,3-4,6,9-10,13-16H2,1-2H3/t18-/m0/s1. The molecular weight excluding hydrogens is 286 g/mol. The molecule has 0 aromatic heterocycles. The molecule has 3 nitrogen and oxygen atoms in total. The fourth-order valence-corrected chi connectivity index (χ4v) is 3.84. The van der Waals surface area contributed by atoms with Crippen molar-refractivity contribution >= 4 is 5.91 Å². The zero-order chi connectivity index (χ0) is 16.7. The number of amides is 1. The maximum Gasteiger partial charge on any atom is 0.233 e. The molecule has 1 aromatic rings. The molecule has 1 aliphatic rings. The van der Waals surface area contributed by atoms with Gasteiger partial charge in [0.1, 0.15) is 0 Å². The molecule has 3 heteroatoms. The van der Waals surface area contributed by atoms with Crippen molar-refractivity contribution in [2.24, 2.45) is 0 Å². The summed E-state index contributed by atoms with van der Waals surface area (Å²) in [6.07, 6.45) is 6.53. The van der Waals surface area contributed by atoms with Crippen LogP contribution in [0.25, 0.3) is 0 Å². The predicted octanol–water partition coefficient (Wildman–Crippen LogP) is 4.11. The third-order valence-electron chi connectivity index (χ3n) is 4.94. The average molecular weight is 317 g/mol. The highest BCUT2D eigenvalue weighted by atomic mass is 16.3. The summed E-state index contributed by atoms with van der Waals surface area (Å²) in [5, 5.41) is 11.3. The summed E-state index contributed by atoms with van der Waals surface area (Å²) < 4.78 is 0. The van der Waals surface area contributed by atoms with Crippen LogP contribution in [0, 0.1) is 0 Å². The summed E-state index contributed by atoms with van der Waals surface area (Å²) in [5.41, 5.74) is 0.0651. The van der Waals surface area contributed by atoms with Crippen molar-refractivity contribution < 1.29 is 9.90 Å². The number of carbonyl (C=O) groups excluding carboxylic acids is 1. The Kier molecular flexibility index (Phi) is 6.64. The van der Waals surface area contributed by atoms with Crippen LogP contribution in [0.3, 0.4) is 0 Å². The van der Waals surface area contributed by atoms with Gasteiger partial charge in [0.25, 0.3) is 0 Å². The highest BCUT2D eigenvalue weighted by Crippen LogP contribution is 2.41. The Bertz CT molecular complexity index is 474. The minimum Gasteiger partial charge on any atom is -0.389 e. The SMILES string of the molecule is CCCN(CCC)C(=O)[C@H](c1ccccc1)C1(O)CCCCC1. The molecule has 23 heavy (non-hydrogen) atoms. The van der Waals surface area contributed by atoms with Crippen LogP contribution in [0.1, 0.15) is 70.3 Å². The van der Waals surface area contributed by atoms with Gasteiger partial charge >= 0.3 is 0 Å². The van der Waals surface area contributed by atoms with Crippen molar-refractivity contribution in [3.63, 3.8) is 0 Å². The van der Waals surface area contributed by atoms with Gasteiger partial charge in [-0.3, -0.25) is 4.79 Å². The molecule has 1 atom stereocenters. The van der Waals surface area contributed by atoms with E-state index in [1.54, 1.807) is 0 Å². The predicted molar refractivity (Wildman–Crippen MR) is 94.4 cm³/mol. The van der Waals surface area contributed by atoms with Crippen molar-refractivity contribution in [3.8, 4) is 0 Å². The lowest BCUT2D eigenvalue weighted by Crippen LogP contribution is -2.48. The minimum absolute atomic E-state index is 0.101. The molecule has 2 rings (SSSR count). The molecule has 0 radical (unpaired) electrons. The van der Waals surface area contributed by atoms with E-state index in [2.05, 4.69) is 13.8 Å². The van der Waals surface area contributed by atoms with Crippen molar-refractivity contribution in [2.75, 3.05) is 13.1 Å². The van der Waals surface area contributed by atoms with E-state index in [1.165, 1.54) is 0 Å². The van der Waals surface area contributed by atoms with E-state index in [4.69, 9.17) is 0 Å². The lowest BCUT2D eigenvalue weighted by atomic mass is 9.72. The molecule has 128 valence electrons. The summed E-state index contributed by atoms with van der Waals surface area (Å²) in [6.45, 7) is 5.74. The van der Waals surface area contributed by atoms with Gasteiger partial charge in [-0.1, -0.05) is 63.4 Å². The van der Waals surface area contributed by atoms with Crippen LogP contribution >= 0.6 is 0 Å². The van der Waals surface area contributed by atoms with E-state index in [0.717, 1.165) is 63.6 Å². The minimum atomic E-state index is -0.892. The first-order valence-corrected chi connectivity index (χ1v) is 9.18. The first-order chi connectivity index (χ1) is 11.1. The van der Waals surface area contributed by atoms with E-state index in [1.807, 2.05) is 35.2 Å². The fourth-order valence-electron chi connectivity index (χ4n) is 3.84. The topological polar surface area (TPSA) is 40.5 Å².